The highest BCUT2D eigenvalue weighted by molar-refractivity contribution is 7.15. The van der Waals surface area contributed by atoms with Crippen molar-refractivity contribution in [2.24, 2.45) is 23.7 Å². The molecule has 2 bridgehead atoms. The van der Waals surface area contributed by atoms with Gasteiger partial charge in [0.15, 0.2) is 0 Å². The van der Waals surface area contributed by atoms with Gasteiger partial charge in [-0.25, -0.2) is 0 Å². The van der Waals surface area contributed by atoms with Crippen LogP contribution in [0, 0.1) is 23.7 Å². The summed E-state index contributed by atoms with van der Waals surface area (Å²) in [5.41, 5.74) is -0.125. The minimum atomic E-state index is -0.264. The van der Waals surface area contributed by atoms with E-state index in [4.69, 9.17) is 0 Å². The number of rotatable bonds is 4. The Morgan fingerprint density at radius 1 is 1.19 bits per heavy atom. The Hall–Kier alpha value is -2.09. The lowest BCUT2D eigenvalue weighted by Gasteiger charge is -2.16. The second-order valence-corrected chi connectivity index (χ2v) is 9.27. The third kappa shape index (κ3) is 2.76. The van der Waals surface area contributed by atoms with E-state index in [1.54, 1.807) is 0 Å². The van der Waals surface area contributed by atoms with Crippen LogP contribution in [0.2, 0.25) is 0 Å². The van der Waals surface area contributed by atoms with Crippen LogP contribution < -0.4 is 5.32 Å². The maximum Gasteiger partial charge on any atom is 0.233 e. The van der Waals surface area contributed by atoms with Crippen molar-refractivity contribution in [1.29, 1.82) is 0 Å². The number of fused-ring (bicyclic) bond motifs is 5. The first-order chi connectivity index (χ1) is 12.3. The lowest BCUT2D eigenvalue weighted by molar-refractivity contribution is -0.140. The molecule has 1 aromatic rings. The minimum Gasteiger partial charge on any atom is -0.300 e. The van der Waals surface area contributed by atoms with Crippen molar-refractivity contribution in [2.75, 3.05) is 11.9 Å². The van der Waals surface area contributed by atoms with E-state index in [9.17, 15) is 14.4 Å². The largest absolute Gasteiger partial charge is 0.300 e. The van der Waals surface area contributed by atoms with Crippen LogP contribution in [-0.4, -0.2) is 39.4 Å². The van der Waals surface area contributed by atoms with Gasteiger partial charge < -0.3 is 5.32 Å². The van der Waals surface area contributed by atoms with Gasteiger partial charge in [-0.05, 0) is 18.3 Å². The Balaban J connectivity index is 1.35. The Kier molecular flexibility index (Phi) is 3.98. The molecule has 8 heteroatoms. The molecule has 26 heavy (non-hydrogen) atoms. The SMILES string of the molecule is CC(C)(C)c1nnc(NC(=O)CCN2C(=O)[C@@H]3[C@@H](C2=O)[C@H]2C=C[C@H]3C2)s1. The number of nitrogens with zero attached hydrogens (tertiary/aromatic N) is 3. The zero-order valence-electron chi connectivity index (χ0n) is 15.1. The lowest BCUT2D eigenvalue weighted by atomic mass is 9.85. The van der Waals surface area contributed by atoms with Gasteiger partial charge in [-0.3, -0.25) is 19.3 Å². The van der Waals surface area contributed by atoms with Crippen molar-refractivity contribution in [3.05, 3.63) is 17.2 Å². The first kappa shape index (κ1) is 17.3. The molecular formula is C18H22N4O3S. The summed E-state index contributed by atoms with van der Waals surface area (Å²) in [5.74, 6) is -0.530. The number of hydrogen-bond acceptors (Lipinski definition) is 6. The van der Waals surface area contributed by atoms with E-state index >= 15 is 0 Å². The Bertz CT molecular complexity index is 780. The third-order valence-electron chi connectivity index (χ3n) is 5.44. The Morgan fingerprint density at radius 3 is 2.35 bits per heavy atom. The average Bonchev–Trinajstić information content (AvgIpc) is 3.30. The molecule has 4 rings (SSSR count). The number of anilines is 1. The molecule has 7 nitrogen and oxygen atoms in total. The predicted molar refractivity (Wildman–Crippen MR) is 96.3 cm³/mol. The second kappa shape index (κ2) is 5.97. The molecule has 2 fully saturated rings. The zero-order valence-corrected chi connectivity index (χ0v) is 15.9. The summed E-state index contributed by atoms with van der Waals surface area (Å²) >= 11 is 1.34. The van der Waals surface area contributed by atoms with Crippen molar-refractivity contribution in [3.63, 3.8) is 0 Å². The van der Waals surface area contributed by atoms with E-state index in [2.05, 4.69) is 27.7 Å². The van der Waals surface area contributed by atoms with Crippen LogP contribution in [0.25, 0.3) is 0 Å². The molecule has 4 atom stereocenters. The molecule has 0 radical (unpaired) electrons. The molecule has 3 aliphatic rings. The van der Waals surface area contributed by atoms with Crippen molar-refractivity contribution in [1.82, 2.24) is 15.1 Å². The lowest BCUT2D eigenvalue weighted by Crippen LogP contribution is -2.35. The van der Waals surface area contributed by atoms with Gasteiger partial charge in [0.1, 0.15) is 5.01 Å². The number of carbonyl (C=O) groups is 3. The van der Waals surface area contributed by atoms with Crippen LogP contribution in [0.3, 0.4) is 0 Å². The number of imide groups is 1. The number of hydrogen-bond donors (Lipinski definition) is 1. The van der Waals surface area contributed by atoms with Crippen molar-refractivity contribution >= 4 is 34.2 Å². The highest BCUT2D eigenvalue weighted by Gasteiger charge is 2.59. The van der Waals surface area contributed by atoms with E-state index in [-0.39, 0.29) is 59.8 Å². The number of carbonyl (C=O) groups excluding carboxylic acids is 3. The fourth-order valence-corrected chi connectivity index (χ4v) is 4.97. The molecule has 1 N–H and O–H groups in total. The van der Waals surface area contributed by atoms with Crippen LogP contribution in [0.1, 0.15) is 38.6 Å². The first-order valence-electron chi connectivity index (χ1n) is 8.93. The topological polar surface area (TPSA) is 92.3 Å². The van der Waals surface area contributed by atoms with Gasteiger partial charge in [0.25, 0.3) is 0 Å². The number of likely N-dealkylation sites (tertiary alicyclic amines) is 1. The normalized spacial score (nSPS) is 29.6. The van der Waals surface area contributed by atoms with Crippen LogP contribution in [-0.2, 0) is 19.8 Å². The molecule has 0 unspecified atom stereocenters. The molecule has 1 aliphatic heterocycles. The Labute approximate surface area is 155 Å². The van der Waals surface area contributed by atoms with Crippen molar-refractivity contribution < 1.29 is 14.4 Å². The summed E-state index contributed by atoms with van der Waals surface area (Å²) in [6.45, 7) is 6.22. The first-order valence-corrected chi connectivity index (χ1v) is 9.75. The number of allylic oxidation sites excluding steroid dienone is 2. The summed E-state index contributed by atoms with van der Waals surface area (Å²) in [6, 6.07) is 0. The van der Waals surface area contributed by atoms with E-state index in [1.165, 1.54) is 16.2 Å². The maximum atomic E-state index is 12.6. The molecule has 0 aromatic carbocycles. The predicted octanol–water partition coefficient (Wildman–Crippen LogP) is 1.97. The van der Waals surface area contributed by atoms with Crippen molar-refractivity contribution in [2.45, 2.75) is 39.0 Å². The summed E-state index contributed by atoms with van der Waals surface area (Å²) in [7, 11) is 0. The van der Waals surface area contributed by atoms with Gasteiger partial charge in [-0.1, -0.05) is 44.3 Å². The van der Waals surface area contributed by atoms with Gasteiger partial charge in [0.05, 0.1) is 11.8 Å². The molecule has 1 saturated carbocycles. The van der Waals surface area contributed by atoms with Gasteiger partial charge in [-0.15, -0.1) is 10.2 Å². The van der Waals surface area contributed by atoms with Crippen LogP contribution in [0.5, 0.6) is 0 Å². The summed E-state index contributed by atoms with van der Waals surface area (Å²) in [6.07, 6.45) is 5.11. The average molecular weight is 374 g/mol. The molecule has 1 saturated heterocycles. The summed E-state index contributed by atoms with van der Waals surface area (Å²) < 4.78 is 0. The summed E-state index contributed by atoms with van der Waals surface area (Å²) in [4.78, 5) is 38.7. The standard InChI is InChI=1S/C18H22N4O3S/c1-18(2,3)16-20-21-17(26-16)19-11(23)6-7-22-14(24)12-9-4-5-10(8-9)13(12)15(22)25/h4-5,9-10,12-13H,6-8H2,1-3H3,(H,19,21,23)/t9-,10-,12-,13-/m0/s1. The molecule has 1 aromatic heterocycles. The third-order valence-corrected chi connectivity index (χ3v) is 6.70. The van der Waals surface area contributed by atoms with Crippen LogP contribution in [0.4, 0.5) is 5.13 Å². The van der Waals surface area contributed by atoms with E-state index < -0.39 is 0 Å². The van der Waals surface area contributed by atoms with E-state index in [1.807, 2.05) is 20.8 Å². The van der Waals surface area contributed by atoms with Crippen LogP contribution in [0.15, 0.2) is 12.2 Å². The van der Waals surface area contributed by atoms with Crippen molar-refractivity contribution in [3.8, 4) is 0 Å². The number of nitrogens with one attached hydrogen (secondary N) is 1. The van der Waals surface area contributed by atoms with E-state index in [0.717, 1.165) is 11.4 Å². The fourth-order valence-electron chi connectivity index (χ4n) is 4.16. The van der Waals surface area contributed by atoms with Gasteiger partial charge in [0.2, 0.25) is 22.9 Å². The molecule has 0 spiro atoms. The molecule has 3 amide bonds. The Morgan fingerprint density at radius 2 is 1.81 bits per heavy atom. The number of aromatic nitrogens is 2. The summed E-state index contributed by atoms with van der Waals surface area (Å²) in [5, 5.41) is 12.1. The maximum absolute atomic E-state index is 12.6. The highest BCUT2D eigenvalue weighted by Crippen LogP contribution is 2.52. The zero-order chi connectivity index (χ0) is 18.6. The molecule has 138 valence electrons. The smallest absolute Gasteiger partial charge is 0.233 e. The second-order valence-electron chi connectivity index (χ2n) is 8.29. The van der Waals surface area contributed by atoms with Gasteiger partial charge in [0, 0.05) is 18.4 Å². The molecular weight excluding hydrogens is 352 g/mol. The number of amides is 3. The quantitative estimate of drug-likeness (QED) is 0.642. The molecule has 2 heterocycles. The molecule has 2 aliphatic carbocycles. The highest BCUT2D eigenvalue weighted by atomic mass is 32.1. The van der Waals surface area contributed by atoms with E-state index in [0.29, 0.717) is 5.13 Å². The van der Waals surface area contributed by atoms with Gasteiger partial charge in [-0.2, -0.15) is 0 Å². The van der Waals surface area contributed by atoms with Crippen LogP contribution >= 0.6 is 11.3 Å². The minimum absolute atomic E-state index is 0.0735. The van der Waals surface area contributed by atoms with Gasteiger partial charge >= 0.3 is 0 Å². The fraction of sp³-hybridized carbons (Fsp3) is 0.611. The monoisotopic (exact) mass is 374 g/mol.